The summed E-state index contributed by atoms with van der Waals surface area (Å²) >= 11 is 0. The molecule has 0 aromatic carbocycles. The molecule has 0 bridgehead atoms. The number of urea groups is 1. The highest BCUT2D eigenvalue weighted by atomic mass is 16.5. The van der Waals surface area contributed by atoms with Crippen molar-refractivity contribution < 1.29 is 19.1 Å². The highest BCUT2D eigenvalue weighted by Crippen LogP contribution is 2.14. The zero-order valence-corrected chi connectivity index (χ0v) is 30.6. The monoisotopic (exact) mass is 653 g/mol. The number of nitrogens with one attached hydrogen (secondary N) is 4. The van der Waals surface area contributed by atoms with Gasteiger partial charge in [-0.3, -0.25) is 10.2 Å². The van der Waals surface area contributed by atoms with Gasteiger partial charge in [-0.15, -0.1) is 0 Å². The lowest BCUT2D eigenvalue weighted by Gasteiger charge is -2.17. The first kappa shape index (κ1) is 44.2. The maximum absolute atomic E-state index is 12.4. The highest BCUT2D eigenvalue weighted by molar-refractivity contribution is 5.83. The van der Waals surface area contributed by atoms with Crippen molar-refractivity contribution in [3.05, 3.63) is 0 Å². The maximum Gasteiger partial charge on any atom is 0.328 e. The molecular weight excluding hydrogens is 576 g/mol. The first-order valence-corrected chi connectivity index (χ1v) is 19.7. The quantitative estimate of drug-likeness (QED) is 0.0310. The van der Waals surface area contributed by atoms with Gasteiger partial charge in [0.05, 0.1) is 7.11 Å². The summed E-state index contributed by atoms with van der Waals surface area (Å²) in [6.07, 6.45) is 34.8. The van der Waals surface area contributed by atoms with E-state index in [1.807, 2.05) is 0 Å². The maximum atomic E-state index is 12.4. The number of carbonyl (C=O) groups excluding carboxylic acids is 3. The lowest BCUT2D eigenvalue weighted by molar-refractivity contribution is -0.143. The van der Waals surface area contributed by atoms with Gasteiger partial charge in [-0.25, -0.2) is 15.0 Å². The summed E-state index contributed by atoms with van der Waals surface area (Å²) in [4.78, 5) is 36.5. The third kappa shape index (κ3) is 32.1. The Kier molecular flexibility index (Phi) is 34.6. The Balaban J connectivity index is 3.68. The largest absolute Gasteiger partial charge is 0.467 e. The molecule has 0 heterocycles. The number of methoxy groups -OCH3 is 1. The van der Waals surface area contributed by atoms with Crippen LogP contribution in [0.25, 0.3) is 0 Å². The van der Waals surface area contributed by atoms with Crippen molar-refractivity contribution in [1.29, 1.82) is 0 Å². The van der Waals surface area contributed by atoms with Gasteiger partial charge in [0.1, 0.15) is 6.04 Å². The molecule has 46 heavy (non-hydrogen) atoms. The van der Waals surface area contributed by atoms with Crippen LogP contribution in [0, 0.1) is 0 Å². The van der Waals surface area contributed by atoms with Crippen molar-refractivity contribution in [2.24, 2.45) is 0 Å². The standard InChI is InChI=1S/C38H76N4O4/c1-4-6-8-10-12-14-15-16-17-18-19-20-22-24-26-29-33-39-38(45)41-35(37(44)46-3)31-28-30-34-40-42-36(43)32-27-25-23-21-13-11-9-7-5-2/h35,40H,4-34H2,1-3H3,(H,42,43)(H2,39,41,45)/t35-/m0/s1. The Labute approximate surface area is 284 Å². The fourth-order valence-corrected chi connectivity index (χ4v) is 5.86. The number of hydrogen-bond acceptors (Lipinski definition) is 5. The van der Waals surface area contributed by atoms with Crippen molar-refractivity contribution >= 4 is 17.9 Å². The smallest absolute Gasteiger partial charge is 0.328 e. The number of ether oxygens (including phenoxy) is 1. The van der Waals surface area contributed by atoms with Gasteiger partial charge in [0.15, 0.2) is 0 Å². The third-order valence-electron chi connectivity index (χ3n) is 8.89. The summed E-state index contributed by atoms with van der Waals surface area (Å²) in [5, 5.41) is 5.65. The van der Waals surface area contributed by atoms with E-state index in [9.17, 15) is 14.4 Å². The number of carbonyl (C=O) groups is 3. The van der Waals surface area contributed by atoms with Crippen molar-refractivity contribution in [1.82, 2.24) is 21.5 Å². The molecule has 0 rings (SSSR count). The van der Waals surface area contributed by atoms with Gasteiger partial charge in [-0.2, -0.15) is 0 Å². The molecule has 0 aliphatic carbocycles. The van der Waals surface area contributed by atoms with Gasteiger partial charge in [-0.1, -0.05) is 162 Å². The van der Waals surface area contributed by atoms with Gasteiger partial charge < -0.3 is 15.4 Å². The van der Waals surface area contributed by atoms with Crippen LogP contribution in [0.15, 0.2) is 0 Å². The average Bonchev–Trinajstić information content (AvgIpc) is 3.06. The van der Waals surface area contributed by atoms with Crippen LogP contribution in [0.2, 0.25) is 0 Å². The highest BCUT2D eigenvalue weighted by Gasteiger charge is 2.20. The van der Waals surface area contributed by atoms with Gasteiger partial charge in [0.2, 0.25) is 5.91 Å². The second kappa shape index (κ2) is 36.0. The first-order chi connectivity index (χ1) is 22.5. The van der Waals surface area contributed by atoms with Crippen LogP contribution in [0.4, 0.5) is 4.79 Å². The molecule has 0 fully saturated rings. The minimum absolute atomic E-state index is 0.0260. The van der Waals surface area contributed by atoms with Crippen molar-refractivity contribution in [3.8, 4) is 0 Å². The number of esters is 1. The molecule has 0 saturated heterocycles. The number of unbranched alkanes of at least 4 members (excludes halogenated alkanes) is 24. The molecule has 0 radical (unpaired) electrons. The summed E-state index contributed by atoms with van der Waals surface area (Å²) in [5.41, 5.74) is 5.75. The molecular formula is C38H76N4O4. The Morgan fingerprint density at radius 2 is 0.935 bits per heavy atom. The van der Waals surface area contributed by atoms with E-state index in [2.05, 4.69) is 35.3 Å². The second-order valence-electron chi connectivity index (χ2n) is 13.3. The molecule has 1 atom stereocenters. The van der Waals surface area contributed by atoms with E-state index in [1.54, 1.807) is 0 Å². The van der Waals surface area contributed by atoms with E-state index in [0.29, 0.717) is 25.9 Å². The normalized spacial score (nSPS) is 11.7. The van der Waals surface area contributed by atoms with Gasteiger partial charge >= 0.3 is 12.0 Å². The Bertz CT molecular complexity index is 692. The van der Waals surface area contributed by atoms with E-state index in [0.717, 1.165) is 38.5 Å². The minimum Gasteiger partial charge on any atom is -0.467 e. The van der Waals surface area contributed by atoms with Crippen LogP contribution in [0.1, 0.15) is 200 Å². The van der Waals surface area contributed by atoms with Crippen molar-refractivity contribution in [3.63, 3.8) is 0 Å². The van der Waals surface area contributed by atoms with Crippen LogP contribution < -0.4 is 21.5 Å². The molecule has 0 aromatic heterocycles. The average molecular weight is 653 g/mol. The van der Waals surface area contributed by atoms with Gasteiger partial charge in [0.25, 0.3) is 0 Å². The van der Waals surface area contributed by atoms with E-state index in [1.165, 1.54) is 142 Å². The van der Waals surface area contributed by atoms with Crippen LogP contribution in [0.5, 0.6) is 0 Å². The summed E-state index contributed by atoms with van der Waals surface area (Å²) in [5.74, 6) is -0.405. The van der Waals surface area contributed by atoms with Crippen molar-refractivity contribution in [2.75, 3.05) is 20.2 Å². The number of hydrogen-bond donors (Lipinski definition) is 4. The molecule has 3 amide bonds. The van der Waals surface area contributed by atoms with Gasteiger partial charge in [-0.05, 0) is 32.1 Å². The third-order valence-corrected chi connectivity index (χ3v) is 8.89. The summed E-state index contributed by atoms with van der Waals surface area (Å²) < 4.78 is 4.89. The van der Waals surface area contributed by atoms with E-state index in [-0.39, 0.29) is 11.9 Å². The molecule has 0 spiro atoms. The molecule has 0 aliphatic rings. The molecule has 0 saturated carbocycles. The lowest BCUT2D eigenvalue weighted by Crippen LogP contribution is -2.46. The minimum atomic E-state index is -0.669. The Morgan fingerprint density at radius 3 is 1.39 bits per heavy atom. The number of hydrazine groups is 1. The van der Waals surface area contributed by atoms with Crippen LogP contribution in [-0.2, 0) is 14.3 Å². The fourth-order valence-electron chi connectivity index (χ4n) is 5.86. The summed E-state index contributed by atoms with van der Waals surface area (Å²) in [7, 11) is 1.34. The zero-order chi connectivity index (χ0) is 33.8. The van der Waals surface area contributed by atoms with E-state index in [4.69, 9.17) is 4.74 Å². The van der Waals surface area contributed by atoms with E-state index < -0.39 is 12.0 Å². The lowest BCUT2D eigenvalue weighted by atomic mass is 10.0. The Morgan fingerprint density at radius 1 is 0.522 bits per heavy atom. The van der Waals surface area contributed by atoms with Crippen LogP contribution in [-0.4, -0.2) is 44.1 Å². The molecule has 8 heteroatoms. The Hall–Kier alpha value is -1.83. The topological polar surface area (TPSA) is 109 Å². The molecule has 8 nitrogen and oxygen atoms in total. The summed E-state index contributed by atoms with van der Waals surface area (Å²) in [6, 6.07) is -0.990. The SMILES string of the molecule is CCCCCCCCCCCCCCCCCCNC(=O)N[C@@H](CCCCNNC(=O)CCCCCCCCCCC)C(=O)OC. The van der Waals surface area contributed by atoms with Crippen LogP contribution in [0.3, 0.4) is 0 Å². The van der Waals surface area contributed by atoms with E-state index >= 15 is 0 Å². The van der Waals surface area contributed by atoms with Crippen LogP contribution >= 0.6 is 0 Å². The number of rotatable bonds is 35. The number of amides is 3. The predicted octanol–water partition coefficient (Wildman–Crippen LogP) is 9.80. The fraction of sp³-hybridized carbons (Fsp3) is 0.921. The molecule has 0 unspecified atom stereocenters. The second-order valence-corrected chi connectivity index (χ2v) is 13.3. The molecule has 272 valence electrons. The molecule has 0 aliphatic heterocycles. The predicted molar refractivity (Wildman–Crippen MR) is 194 cm³/mol. The first-order valence-electron chi connectivity index (χ1n) is 19.7. The zero-order valence-electron chi connectivity index (χ0n) is 30.6. The molecule has 4 N–H and O–H groups in total. The van der Waals surface area contributed by atoms with Gasteiger partial charge in [0, 0.05) is 19.5 Å². The molecule has 0 aromatic rings. The van der Waals surface area contributed by atoms with Crippen molar-refractivity contribution in [2.45, 2.75) is 206 Å². The summed E-state index contributed by atoms with van der Waals surface area (Å²) in [6.45, 7) is 5.74.